The molecule has 182 valence electrons. The number of hydrogen-bond donors (Lipinski definition) is 2. The molecule has 9 heteroatoms. The minimum absolute atomic E-state index is 0.215. The molecule has 0 bridgehead atoms. The van der Waals surface area contributed by atoms with Crippen molar-refractivity contribution in [3.8, 4) is 11.4 Å². The quantitative estimate of drug-likeness (QED) is 0.296. The highest BCUT2D eigenvalue weighted by atomic mass is 32.2. The van der Waals surface area contributed by atoms with Crippen molar-refractivity contribution < 1.29 is 8.42 Å². The first-order valence-electron chi connectivity index (χ1n) is 11.6. The molecule has 0 aliphatic heterocycles. The minimum Gasteiger partial charge on any atom is -0.337 e. The van der Waals surface area contributed by atoms with Crippen LogP contribution in [-0.4, -0.2) is 27.8 Å². The number of aromatic nitrogens is 4. The zero-order chi connectivity index (χ0) is 25.4. The van der Waals surface area contributed by atoms with Crippen molar-refractivity contribution in [2.75, 3.05) is 10.0 Å². The van der Waals surface area contributed by atoms with Gasteiger partial charge < -0.3 is 9.72 Å². The van der Waals surface area contributed by atoms with Gasteiger partial charge >= 0.3 is 0 Å². The third-order valence-corrected chi connectivity index (χ3v) is 7.36. The molecule has 0 spiro atoms. The van der Waals surface area contributed by atoms with Crippen LogP contribution >= 0.6 is 0 Å². The lowest BCUT2D eigenvalue weighted by Gasteiger charge is -2.10. The second-order valence-corrected chi connectivity index (χ2v) is 10.3. The van der Waals surface area contributed by atoms with Crippen LogP contribution in [0.1, 0.15) is 5.56 Å². The van der Waals surface area contributed by atoms with Crippen molar-refractivity contribution in [2.45, 2.75) is 11.8 Å². The van der Waals surface area contributed by atoms with E-state index in [0.29, 0.717) is 17.2 Å². The number of nitrogens with one attached hydrogen (secondary N) is 2. The fourth-order valence-corrected chi connectivity index (χ4v) is 5.09. The summed E-state index contributed by atoms with van der Waals surface area (Å²) >= 11 is 0. The SMILES string of the molecule is Cc1ccc(S(=O)(=O)Nc2ccc(Nc3nccn4cc(-c5ccc6ccccc6n5)nc34)cc2)cc1. The van der Waals surface area contributed by atoms with Crippen molar-refractivity contribution in [1.82, 2.24) is 19.4 Å². The number of fused-ring (bicyclic) bond motifs is 2. The monoisotopic (exact) mass is 506 g/mol. The lowest BCUT2D eigenvalue weighted by atomic mass is 10.2. The van der Waals surface area contributed by atoms with Gasteiger partial charge in [0.2, 0.25) is 0 Å². The lowest BCUT2D eigenvalue weighted by Crippen LogP contribution is -2.12. The maximum atomic E-state index is 12.7. The van der Waals surface area contributed by atoms with Crippen molar-refractivity contribution in [3.05, 3.63) is 109 Å². The van der Waals surface area contributed by atoms with E-state index in [9.17, 15) is 8.42 Å². The summed E-state index contributed by atoms with van der Waals surface area (Å²) in [5, 5.41) is 4.35. The Bertz CT molecular complexity index is 1850. The average molecular weight is 507 g/mol. The third kappa shape index (κ3) is 4.60. The molecule has 3 aromatic heterocycles. The maximum Gasteiger partial charge on any atom is 0.261 e. The highest BCUT2D eigenvalue weighted by Crippen LogP contribution is 2.26. The zero-order valence-electron chi connectivity index (χ0n) is 19.8. The molecule has 0 aliphatic carbocycles. The van der Waals surface area contributed by atoms with Crippen molar-refractivity contribution in [2.24, 2.45) is 0 Å². The smallest absolute Gasteiger partial charge is 0.261 e. The summed E-state index contributed by atoms with van der Waals surface area (Å²) in [6.07, 6.45) is 5.45. The van der Waals surface area contributed by atoms with E-state index >= 15 is 0 Å². The van der Waals surface area contributed by atoms with E-state index in [1.807, 2.05) is 60.1 Å². The summed E-state index contributed by atoms with van der Waals surface area (Å²) in [7, 11) is -3.67. The molecule has 0 radical (unpaired) electrons. The maximum absolute atomic E-state index is 12.7. The van der Waals surface area contributed by atoms with Gasteiger partial charge in [-0.15, -0.1) is 0 Å². The van der Waals surface area contributed by atoms with Gasteiger partial charge in [0.1, 0.15) is 5.69 Å². The number of rotatable bonds is 6. The summed E-state index contributed by atoms with van der Waals surface area (Å²) in [5.41, 5.74) is 5.27. The molecule has 6 rings (SSSR count). The first-order chi connectivity index (χ1) is 17.9. The Morgan fingerprint density at radius 2 is 1.54 bits per heavy atom. The van der Waals surface area contributed by atoms with Crippen LogP contribution in [0.2, 0.25) is 0 Å². The summed E-state index contributed by atoms with van der Waals surface area (Å²) in [4.78, 5) is 14.2. The summed E-state index contributed by atoms with van der Waals surface area (Å²) < 4.78 is 29.9. The second-order valence-electron chi connectivity index (χ2n) is 8.64. The molecule has 0 fully saturated rings. The van der Waals surface area contributed by atoms with E-state index in [-0.39, 0.29) is 4.90 Å². The van der Waals surface area contributed by atoms with Crippen LogP contribution in [0.15, 0.2) is 108 Å². The van der Waals surface area contributed by atoms with Crippen LogP contribution < -0.4 is 10.0 Å². The van der Waals surface area contributed by atoms with E-state index in [4.69, 9.17) is 9.97 Å². The Balaban J connectivity index is 1.24. The number of para-hydroxylation sites is 1. The molecule has 8 nitrogen and oxygen atoms in total. The number of aryl methyl sites for hydroxylation is 1. The number of sulfonamides is 1. The Morgan fingerprint density at radius 1 is 0.784 bits per heavy atom. The molecule has 37 heavy (non-hydrogen) atoms. The Hall–Kier alpha value is -4.76. The largest absolute Gasteiger partial charge is 0.337 e. The first kappa shape index (κ1) is 22.7. The van der Waals surface area contributed by atoms with Crippen LogP contribution in [-0.2, 0) is 10.0 Å². The van der Waals surface area contributed by atoms with Gasteiger partial charge in [-0.1, -0.05) is 42.0 Å². The van der Waals surface area contributed by atoms with Gasteiger partial charge in [0.15, 0.2) is 11.5 Å². The molecule has 0 amide bonds. The van der Waals surface area contributed by atoms with Gasteiger partial charge in [-0.3, -0.25) is 4.72 Å². The molecule has 0 saturated heterocycles. The summed E-state index contributed by atoms with van der Waals surface area (Å²) in [6.45, 7) is 1.91. The van der Waals surface area contributed by atoms with Gasteiger partial charge in [0, 0.05) is 35.4 Å². The molecule has 0 unspecified atom stereocenters. The predicted molar refractivity (Wildman–Crippen MR) is 145 cm³/mol. The fourth-order valence-electron chi connectivity index (χ4n) is 4.03. The molecule has 3 heterocycles. The van der Waals surface area contributed by atoms with E-state index < -0.39 is 10.0 Å². The molecule has 6 aromatic rings. The minimum atomic E-state index is -3.67. The van der Waals surface area contributed by atoms with Gasteiger partial charge in [-0.05, 0) is 55.5 Å². The van der Waals surface area contributed by atoms with E-state index in [1.54, 1.807) is 54.7 Å². The second kappa shape index (κ2) is 9.03. The van der Waals surface area contributed by atoms with Crippen molar-refractivity contribution in [3.63, 3.8) is 0 Å². The number of imidazole rings is 1. The molecule has 0 atom stereocenters. The lowest BCUT2D eigenvalue weighted by molar-refractivity contribution is 0.601. The van der Waals surface area contributed by atoms with Crippen LogP contribution in [0.4, 0.5) is 17.2 Å². The van der Waals surface area contributed by atoms with Gasteiger partial charge in [-0.2, -0.15) is 0 Å². The Morgan fingerprint density at radius 3 is 2.35 bits per heavy atom. The van der Waals surface area contributed by atoms with Gasteiger partial charge in [0.05, 0.1) is 16.1 Å². The number of nitrogens with zero attached hydrogens (tertiary/aromatic N) is 4. The predicted octanol–water partition coefficient (Wildman–Crippen LogP) is 5.80. The number of hydrogen-bond acceptors (Lipinski definition) is 6. The van der Waals surface area contributed by atoms with Crippen molar-refractivity contribution >= 4 is 43.8 Å². The molecular formula is C28H22N6O2S. The Kier molecular flexibility index (Phi) is 5.54. The average Bonchev–Trinajstić information content (AvgIpc) is 3.35. The number of anilines is 3. The standard InChI is InChI=1S/C28H22N6O2S/c1-19-6-13-23(14-7-19)37(35,36)33-22-11-9-21(10-12-22)30-27-28-32-26(18-34(28)17-16-29-27)25-15-8-20-4-2-3-5-24(20)31-25/h2-18,33H,1H3,(H,29,30). The van der Waals surface area contributed by atoms with Crippen LogP contribution in [0.5, 0.6) is 0 Å². The molecule has 2 N–H and O–H groups in total. The zero-order valence-corrected chi connectivity index (χ0v) is 20.6. The van der Waals surface area contributed by atoms with Crippen LogP contribution in [0.25, 0.3) is 27.9 Å². The summed E-state index contributed by atoms with van der Waals surface area (Å²) in [6, 6.07) is 25.6. The van der Waals surface area contributed by atoms with Crippen molar-refractivity contribution in [1.29, 1.82) is 0 Å². The topological polar surface area (TPSA) is 101 Å². The normalized spacial score (nSPS) is 11.6. The fraction of sp³-hybridized carbons (Fsp3) is 0.0357. The summed E-state index contributed by atoms with van der Waals surface area (Å²) in [5.74, 6) is 0.572. The molecule has 0 saturated carbocycles. The number of pyridine rings is 1. The Labute approximate surface area is 213 Å². The molecular weight excluding hydrogens is 484 g/mol. The van der Waals surface area contributed by atoms with E-state index in [0.717, 1.165) is 33.5 Å². The van der Waals surface area contributed by atoms with Gasteiger partial charge in [0.25, 0.3) is 10.0 Å². The van der Waals surface area contributed by atoms with E-state index in [2.05, 4.69) is 15.0 Å². The van der Waals surface area contributed by atoms with Gasteiger partial charge in [-0.25, -0.2) is 23.4 Å². The van der Waals surface area contributed by atoms with Crippen LogP contribution in [0.3, 0.4) is 0 Å². The highest BCUT2D eigenvalue weighted by Gasteiger charge is 2.14. The third-order valence-electron chi connectivity index (χ3n) is 5.97. The van der Waals surface area contributed by atoms with E-state index in [1.165, 1.54) is 0 Å². The first-order valence-corrected chi connectivity index (χ1v) is 13.1. The number of benzene rings is 3. The molecule has 0 aliphatic rings. The molecule has 3 aromatic carbocycles. The van der Waals surface area contributed by atoms with Crippen LogP contribution in [0, 0.1) is 6.92 Å². The highest BCUT2D eigenvalue weighted by molar-refractivity contribution is 7.92.